The molecule has 2 aromatic heterocycles. The third-order valence-corrected chi connectivity index (χ3v) is 3.10. The minimum Gasteiger partial charge on any atom is -0.476 e. The highest BCUT2D eigenvalue weighted by Crippen LogP contribution is 2.26. The van der Waals surface area contributed by atoms with Gasteiger partial charge in [-0.2, -0.15) is 5.10 Å². The number of hydrogen-bond donors (Lipinski definition) is 1. The molecule has 1 atom stereocenters. The lowest BCUT2D eigenvalue weighted by molar-refractivity contribution is -0.0372. The molecule has 6 nitrogen and oxygen atoms in total. The number of pyridine rings is 1. The number of aromatic carboxylic acids is 1. The zero-order valence-electron chi connectivity index (χ0n) is 9.74. The average Bonchev–Trinajstić information content (AvgIpc) is 2.79. The van der Waals surface area contributed by atoms with Crippen LogP contribution in [0.4, 0.5) is 0 Å². The molecule has 1 aliphatic heterocycles. The quantitative estimate of drug-likeness (QED) is 0.876. The van der Waals surface area contributed by atoms with Crippen LogP contribution in [0.15, 0.2) is 18.3 Å². The second-order valence-electron chi connectivity index (χ2n) is 4.29. The molecule has 0 amide bonds. The summed E-state index contributed by atoms with van der Waals surface area (Å²) < 4.78 is 7.23. The molecule has 0 radical (unpaired) electrons. The molecule has 1 aliphatic rings. The van der Waals surface area contributed by atoms with Crippen LogP contribution in [0.2, 0.25) is 0 Å². The summed E-state index contributed by atoms with van der Waals surface area (Å²) in [7, 11) is 0. The van der Waals surface area contributed by atoms with E-state index in [2.05, 4.69) is 10.1 Å². The van der Waals surface area contributed by atoms with E-state index in [4.69, 9.17) is 9.84 Å². The first kappa shape index (κ1) is 11.2. The molecule has 1 fully saturated rings. The van der Waals surface area contributed by atoms with Crippen molar-refractivity contribution in [1.29, 1.82) is 0 Å². The maximum absolute atomic E-state index is 11.2. The minimum absolute atomic E-state index is 0.0345. The molecule has 0 aliphatic carbocycles. The fraction of sp³-hybridized carbons (Fsp3) is 0.417. The molecule has 0 aromatic carbocycles. The zero-order valence-corrected chi connectivity index (χ0v) is 9.74. The van der Waals surface area contributed by atoms with E-state index in [0.717, 1.165) is 19.3 Å². The topological polar surface area (TPSA) is 77.2 Å². The van der Waals surface area contributed by atoms with Crippen LogP contribution in [0.5, 0.6) is 0 Å². The smallest absolute Gasteiger partial charge is 0.357 e. The molecular weight excluding hydrogens is 234 g/mol. The van der Waals surface area contributed by atoms with E-state index in [1.54, 1.807) is 23.0 Å². The fourth-order valence-electron chi connectivity index (χ4n) is 2.25. The number of carboxylic acid groups (broad SMARTS) is 1. The van der Waals surface area contributed by atoms with Gasteiger partial charge in [0, 0.05) is 12.8 Å². The highest BCUT2D eigenvalue weighted by molar-refractivity contribution is 5.99. The van der Waals surface area contributed by atoms with Crippen molar-refractivity contribution in [1.82, 2.24) is 14.8 Å². The Labute approximate surface area is 103 Å². The fourth-order valence-corrected chi connectivity index (χ4v) is 2.25. The summed E-state index contributed by atoms with van der Waals surface area (Å²) in [5, 5.41) is 13.8. The Morgan fingerprint density at radius 1 is 1.50 bits per heavy atom. The number of rotatable bonds is 2. The summed E-state index contributed by atoms with van der Waals surface area (Å²) in [5.41, 5.74) is 0.606. The summed E-state index contributed by atoms with van der Waals surface area (Å²) in [4.78, 5) is 15.4. The van der Waals surface area contributed by atoms with Crippen LogP contribution in [0.1, 0.15) is 36.0 Å². The van der Waals surface area contributed by atoms with Crippen LogP contribution in [0.25, 0.3) is 11.0 Å². The number of aromatic nitrogens is 3. The molecule has 0 bridgehead atoms. The zero-order chi connectivity index (χ0) is 12.5. The van der Waals surface area contributed by atoms with Crippen LogP contribution in [-0.2, 0) is 4.74 Å². The molecule has 2 aromatic rings. The van der Waals surface area contributed by atoms with E-state index in [9.17, 15) is 4.79 Å². The highest BCUT2D eigenvalue weighted by Gasteiger charge is 2.23. The van der Waals surface area contributed by atoms with Crippen LogP contribution >= 0.6 is 0 Å². The standard InChI is InChI=1S/C12H13N3O3/c16-12(17)10-8-4-3-6-13-11(8)15(14-10)9-5-1-2-7-18-9/h3-4,6,9H,1-2,5,7H2,(H,16,17). The van der Waals surface area contributed by atoms with Gasteiger partial charge in [0.15, 0.2) is 17.6 Å². The molecule has 1 N–H and O–H groups in total. The summed E-state index contributed by atoms with van der Waals surface area (Å²) >= 11 is 0. The number of ether oxygens (including phenoxy) is 1. The third-order valence-electron chi connectivity index (χ3n) is 3.10. The van der Waals surface area contributed by atoms with E-state index in [1.807, 2.05) is 0 Å². The van der Waals surface area contributed by atoms with Gasteiger partial charge in [-0.1, -0.05) is 0 Å². The predicted octanol–water partition coefficient (Wildman–Crippen LogP) is 1.83. The molecule has 18 heavy (non-hydrogen) atoms. The van der Waals surface area contributed by atoms with Crippen LogP contribution in [-0.4, -0.2) is 32.4 Å². The first-order valence-corrected chi connectivity index (χ1v) is 5.95. The van der Waals surface area contributed by atoms with Gasteiger partial charge in [-0.15, -0.1) is 0 Å². The third kappa shape index (κ3) is 1.74. The summed E-state index contributed by atoms with van der Waals surface area (Å²) in [6.45, 7) is 0.682. The van der Waals surface area contributed by atoms with Crippen LogP contribution in [0, 0.1) is 0 Å². The van der Waals surface area contributed by atoms with Gasteiger partial charge >= 0.3 is 5.97 Å². The van der Waals surface area contributed by atoms with Gasteiger partial charge in [-0.25, -0.2) is 14.5 Å². The van der Waals surface area contributed by atoms with Gasteiger partial charge < -0.3 is 9.84 Å². The maximum atomic E-state index is 11.2. The number of nitrogens with zero attached hydrogens (tertiary/aromatic N) is 3. The lowest BCUT2D eigenvalue weighted by Gasteiger charge is -2.22. The van der Waals surface area contributed by atoms with Gasteiger partial charge in [-0.3, -0.25) is 0 Å². The normalized spacial score (nSPS) is 20.1. The van der Waals surface area contributed by atoms with E-state index in [1.165, 1.54) is 0 Å². The predicted molar refractivity (Wildman–Crippen MR) is 63.3 cm³/mol. The van der Waals surface area contributed by atoms with E-state index < -0.39 is 5.97 Å². The second kappa shape index (κ2) is 4.38. The average molecular weight is 247 g/mol. The molecule has 1 saturated heterocycles. The molecular formula is C12H13N3O3. The second-order valence-corrected chi connectivity index (χ2v) is 4.29. The first-order chi connectivity index (χ1) is 8.77. The summed E-state index contributed by atoms with van der Waals surface area (Å²) in [5.74, 6) is -1.04. The number of fused-ring (bicyclic) bond motifs is 1. The Balaban J connectivity index is 2.13. The lowest BCUT2D eigenvalue weighted by atomic mass is 10.2. The molecule has 0 saturated carbocycles. The van der Waals surface area contributed by atoms with Crippen molar-refractivity contribution in [3.8, 4) is 0 Å². The maximum Gasteiger partial charge on any atom is 0.357 e. The number of carbonyl (C=O) groups is 1. The highest BCUT2D eigenvalue weighted by atomic mass is 16.5. The summed E-state index contributed by atoms with van der Waals surface area (Å²) in [6, 6.07) is 3.43. The van der Waals surface area contributed by atoms with Gasteiger partial charge in [0.1, 0.15) is 0 Å². The van der Waals surface area contributed by atoms with Crippen LogP contribution < -0.4 is 0 Å². The van der Waals surface area contributed by atoms with Crippen molar-refractivity contribution < 1.29 is 14.6 Å². The summed E-state index contributed by atoms with van der Waals surface area (Å²) in [6.07, 6.45) is 4.36. The molecule has 6 heteroatoms. The van der Waals surface area contributed by atoms with Gasteiger partial charge in [0.2, 0.25) is 0 Å². The van der Waals surface area contributed by atoms with Crippen molar-refractivity contribution in [2.24, 2.45) is 0 Å². The molecule has 3 rings (SSSR count). The van der Waals surface area contributed by atoms with Gasteiger partial charge in [-0.05, 0) is 31.4 Å². The van der Waals surface area contributed by atoms with Gasteiger partial charge in [0.25, 0.3) is 0 Å². The Bertz CT molecular complexity index is 587. The molecule has 1 unspecified atom stereocenters. The molecule has 3 heterocycles. The number of hydrogen-bond acceptors (Lipinski definition) is 4. The largest absolute Gasteiger partial charge is 0.476 e. The van der Waals surface area contributed by atoms with Gasteiger partial charge in [0.05, 0.1) is 5.39 Å². The Morgan fingerprint density at radius 2 is 2.39 bits per heavy atom. The van der Waals surface area contributed by atoms with Crippen molar-refractivity contribution in [2.75, 3.05) is 6.61 Å². The van der Waals surface area contributed by atoms with E-state index >= 15 is 0 Å². The van der Waals surface area contributed by atoms with Crippen molar-refractivity contribution in [2.45, 2.75) is 25.5 Å². The van der Waals surface area contributed by atoms with Crippen molar-refractivity contribution >= 4 is 17.0 Å². The van der Waals surface area contributed by atoms with E-state index in [-0.39, 0.29) is 11.9 Å². The Morgan fingerprint density at radius 3 is 3.11 bits per heavy atom. The van der Waals surface area contributed by atoms with Crippen molar-refractivity contribution in [3.63, 3.8) is 0 Å². The molecule has 0 spiro atoms. The Kier molecular flexibility index (Phi) is 2.71. The molecule has 94 valence electrons. The number of carboxylic acids is 1. The monoisotopic (exact) mass is 247 g/mol. The lowest BCUT2D eigenvalue weighted by Crippen LogP contribution is -2.19. The Hall–Kier alpha value is -1.95. The first-order valence-electron chi connectivity index (χ1n) is 5.95. The van der Waals surface area contributed by atoms with Crippen molar-refractivity contribution in [3.05, 3.63) is 24.0 Å². The SMILES string of the molecule is O=C(O)c1nn(C2CCCCO2)c2ncccc12. The van der Waals surface area contributed by atoms with Crippen LogP contribution in [0.3, 0.4) is 0 Å². The van der Waals surface area contributed by atoms with E-state index in [0.29, 0.717) is 17.6 Å². The minimum atomic E-state index is -1.04.